The van der Waals surface area contributed by atoms with Gasteiger partial charge in [0.1, 0.15) is 0 Å². The van der Waals surface area contributed by atoms with E-state index in [4.69, 9.17) is 9.47 Å². The molecule has 1 atom stereocenters. The Balaban J connectivity index is 1.87. The van der Waals surface area contributed by atoms with E-state index < -0.39 is 0 Å². The van der Waals surface area contributed by atoms with Crippen LogP contribution in [0.1, 0.15) is 5.56 Å². The Morgan fingerprint density at radius 2 is 2.50 bits per heavy atom. The Hall–Kier alpha value is -1.17. The van der Waals surface area contributed by atoms with Gasteiger partial charge in [0.2, 0.25) is 5.88 Å². The lowest BCUT2D eigenvalue weighted by Crippen LogP contribution is -2.44. The fourth-order valence-electron chi connectivity index (χ4n) is 2.17. The highest BCUT2D eigenvalue weighted by molar-refractivity contribution is 5.25. The van der Waals surface area contributed by atoms with E-state index in [1.54, 1.807) is 13.3 Å². The van der Waals surface area contributed by atoms with E-state index in [0.717, 1.165) is 38.3 Å². The number of aromatic nitrogens is 1. The summed E-state index contributed by atoms with van der Waals surface area (Å²) in [7, 11) is 3.74. The second-order valence-corrected chi connectivity index (χ2v) is 4.57. The number of hydrogen-bond acceptors (Lipinski definition) is 5. The number of morpholine rings is 1. The maximum atomic E-state index is 5.69. The van der Waals surface area contributed by atoms with Crippen LogP contribution in [-0.2, 0) is 11.3 Å². The predicted octanol–water partition coefficient (Wildman–Crippen LogP) is 0.510. The molecule has 1 saturated heterocycles. The zero-order valence-electron chi connectivity index (χ0n) is 11.1. The molecule has 0 radical (unpaired) electrons. The summed E-state index contributed by atoms with van der Waals surface area (Å²) in [5, 5.41) is 3.34. The lowest BCUT2D eigenvalue weighted by molar-refractivity contribution is 0.00873. The first-order valence-corrected chi connectivity index (χ1v) is 6.28. The lowest BCUT2D eigenvalue weighted by atomic mass is 10.2. The molecular weight excluding hydrogens is 230 g/mol. The molecule has 5 heteroatoms. The molecular formula is C13H21N3O2. The van der Waals surface area contributed by atoms with Crippen molar-refractivity contribution < 1.29 is 9.47 Å². The largest absolute Gasteiger partial charge is 0.481 e. The number of pyridine rings is 1. The predicted molar refractivity (Wildman–Crippen MR) is 69.7 cm³/mol. The number of likely N-dealkylation sites (N-methyl/N-ethyl adjacent to an activating group) is 1. The zero-order valence-corrected chi connectivity index (χ0v) is 11.1. The molecule has 5 nitrogen and oxygen atoms in total. The normalized spacial score (nSPS) is 20.1. The smallest absolute Gasteiger partial charge is 0.217 e. The lowest BCUT2D eigenvalue weighted by Gasteiger charge is -2.28. The molecule has 0 aliphatic carbocycles. The third kappa shape index (κ3) is 3.66. The molecule has 1 fully saturated rings. The van der Waals surface area contributed by atoms with Crippen LogP contribution in [0.15, 0.2) is 18.3 Å². The van der Waals surface area contributed by atoms with Crippen molar-refractivity contribution in [3.05, 3.63) is 23.9 Å². The first-order chi connectivity index (χ1) is 8.79. The highest BCUT2D eigenvalue weighted by Crippen LogP contribution is 2.15. The number of nitrogens with zero attached hydrogens (tertiary/aromatic N) is 2. The van der Waals surface area contributed by atoms with Crippen LogP contribution < -0.4 is 10.1 Å². The van der Waals surface area contributed by atoms with Gasteiger partial charge in [-0.3, -0.25) is 4.90 Å². The van der Waals surface area contributed by atoms with Gasteiger partial charge in [-0.25, -0.2) is 4.98 Å². The summed E-state index contributed by atoms with van der Waals surface area (Å²) >= 11 is 0. The van der Waals surface area contributed by atoms with Crippen LogP contribution in [0.3, 0.4) is 0 Å². The third-order valence-electron chi connectivity index (χ3n) is 3.00. The summed E-state index contributed by atoms with van der Waals surface area (Å²) in [6, 6.07) is 3.98. The summed E-state index contributed by atoms with van der Waals surface area (Å²) in [6.07, 6.45) is 2.02. The monoisotopic (exact) mass is 251 g/mol. The molecule has 1 aliphatic rings. The summed E-state index contributed by atoms with van der Waals surface area (Å²) in [4.78, 5) is 6.44. The van der Waals surface area contributed by atoms with Crippen molar-refractivity contribution in [3.63, 3.8) is 0 Å². The van der Waals surface area contributed by atoms with Crippen LogP contribution in [-0.4, -0.2) is 56.4 Å². The highest BCUT2D eigenvalue weighted by atomic mass is 16.5. The van der Waals surface area contributed by atoms with Gasteiger partial charge in [-0.1, -0.05) is 6.07 Å². The fourth-order valence-corrected chi connectivity index (χ4v) is 2.17. The van der Waals surface area contributed by atoms with Crippen molar-refractivity contribution in [1.82, 2.24) is 15.2 Å². The average Bonchev–Trinajstić information content (AvgIpc) is 2.40. The van der Waals surface area contributed by atoms with E-state index in [2.05, 4.69) is 22.2 Å². The Kier molecular flexibility index (Phi) is 4.92. The van der Waals surface area contributed by atoms with Gasteiger partial charge >= 0.3 is 0 Å². The van der Waals surface area contributed by atoms with E-state index in [0.29, 0.717) is 5.88 Å². The Labute approximate surface area is 108 Å². The minimum atomic E-state index is 0.270. The molecule has 0 spiro atoms. The van der Waals surface area contributed by atoms with E-state index in [9.17, 15) is 0 Å². The zero-order chi connectivity index (χ0) is 12.8. The first-order valence-electron chi connectivity index (χ1n) is 6.28. The van der Waals surface area contributed by atoms with Gasteiger partial charge in [-0.15, -0.1) is 0 Å². The molecule has 1 N–H and O–H groups in total. The quantitative estimate of drug-likeness (QED) is 0.826. The van der Waals surface area contributed by atoms with Crippen molar-refractivity contribution >= 4 is 0 Å². The molecule has 0 aromatic carbocycles. The standard InChI is InChI=1S/C13H21N3O2/c1-16(10-12-8-14-6-7-18-12)9-11-4-3-5-15-13(11)17-2/h3-5,12,14H,6-10H2,1-2H3. The maximum Gasteiger partial charge on any atom is 0.217 e. The SMILES string of the molecule is COc1ncccc1CN(C)CC1CNCCO1. The molecule has 0 saturated carbocycles. The molecule has 2 rings (SSSR count). The molecule has 2 heterocycles. The van der Waals surface area contributed by atoms with Crippen LogP contribution in [0.2, 0.25) is 0 Å². The Morgan fingerprint density at radius 1 is 1.61 bits per heavy atom. The fraction of sp³-hybridized carbons (Fsp3) is 0.615. The van der Waals surface area contributed by atoms with Crippen LogP contribution in [0.4, 0.5) is 0 Å². The summed E-state index contributed by atoms with van der Waals surface area (Å²) in [5.74, 6) is 0.701. The molecule has 0 bridgehead atoms. The van der Waals surface area contributed by atoms with Gasteiger partial charge in [-0.05, 0) is 13.1 Å². The molecule has 0 amide bonds. The van der Waals surface area contributed by atoms with E-state index in [1.807, 2.05) is 12.1 Å². The number of ether oxygens (including phenoxy) is 2. The van der Waals surface area contributed by atoms with E-state index >= 15 is 0 Å². The molecule has 1 aromatic rings. The van der Waals surface area contributed by atoms with Gasteiger partial charge < -0.3 is 14.8 Å². The topological polar surface area (TPSA) is 46.6 Å². The molecule has 1 unspecified atom stereocenters. The highest BCUT2D eigenvalue weighted by Gasteiger charge is 2.16. The summed E-state index contributed by atoms with van der Waals surface area (Å²) in [6.45, 7) is 4.40. The van der Waals surface area contributed by atoms with E-state index in [1.165, 1.54) is 0 Å². The second-order valence-electron chi connectivity index (χ2n) is 4.57. The van der Waals surface area contributed by atoms with Crippen molar-refractivity contribution in [3.8, 4) is 5.88 Å². The molecule has 18 heavy (non-hydrogen) atoms. The van der Waals surface area contributed by atoms with Gasteiger partial charge in [0.15, 0.2) is 0 Å². The van der Waals surface area contributed by atoms with E-state index in [-0.39, 0.29) is 6.10 Å². The van der Waals surface area contributed by atoms with Crippen molar-refractivity contribution in [2.24, 2.45) is 0 Å². The summed E-state index contributed by atoms with van der Waals surface area (Å²) < 4.78 is 10.9. The van der Waals surface area contributed by atoms with Crippen molar-refractivity contribution in [2.75, 3.05) is 40.4 Å². The molecule has 1 aromatic heterocycles. The molecule has 1 aliphatic heterocycles. The van der Waals surface area contributed by atoms with Crippen LogP contribution in [0, 0.1) is 0 Å². The van der Waals surface area contributed by atoms with Crippen LogP contribution in [0.25, 0.3) is 0 Å². The number of hydrogen-bond donors (Lipinski definition) is 1. The van der Waals surface area contributed by atoms with Crippen molar-refractivity contribution in [1.29, 1.82) is 0 Å². The van der Waals surface area contributed by atoms with Crippen LogP contribution >= 0.6 is 0 Å². The van der Waals surface area contributed by atoms with Gasteiger partial charge in [0, 0.05) is 37.9 Å². The Morgan fingerprint density at radius 3 is 3.22 bits per heavy atom. The van der Waals surface area contributed by atoms with Gasteiger partial charge in [-0.2, -0.15) is 0 Å². The summed E-state index contributed by atoms with van der Waals surface area (Å²) in [5.41, 5.74) is 1.10. The Bertz CT molecular complexity index is 367. The number of rotatable bonds is 5. The number of methoxy groups -OCH3 is 1. The maximum absolute atomic E-state index is 5.69. The van der Waals surface area contributed by atoms with Crippen LogP contribution in [0.5, 0.6) is 5.88 Å². The number of nitrogens with one attached hydrogen (secondary N) is 1. The minimum absolute atomic E-state index is 0.270. The molecule has 100 valence electrons. The second kappa shape index (κ2) is 6.68. The third-order valence-corrected chi connectivity index (χ3v) is 3.00. The first kappa shape index (κ1) is 13.3. The van der Waals surface area contributed by atoms with Gasteiger partial charge in [0.05, 0.1) is 19.8 Å². The minimum Gasteiger partial charge on any atom is -0.481 e. The van der Waals surface area contributed by atoms with Gasteiger partial charge in [0.25, 0.3) is 0 Å². The average molecular weight is 251 g/mol. The van der Waals surface area contributed by atoms with Crippen molar-refractivity contribution in [2.45, 2.75) is 12.6 Å².